The van der Waals surface area contributed by atoms with Gasteiger partial charge in [0.05, 0.1) is 16.8 Å². The Hall–Kier alpha value is -3.03. The maximum Gasteiger partial charge on any atom is 0.165 e. The Morgan fingerprint density at radius 3 is 2.50 bits per heavy atom. The van der Waals surface area contributed by atoms with Gasteiger partial charge in [0.15, 0.2) is 23.2 Å². The number of rotatable bonds is 1. The minimum Gasteiger partial charge on any atom is -0.505 e. The summed E-state index contributed by atoms with van der Waals surface area (Å²) in [5.74, 6) is -2.33. The number of benzene rings is 2. The van der Waals surface area contributed by atoms with Crippen LogP contribution in [0.15, 0.2) is 24.3 Å². The van der Waals surface area contributed by atoms with E-state index in [1.165, 1.54) is 16.7 Å². The lowest BCUT2D eigenvalue weighted by Gasteiger charge is -2.34. The third-order valence-corrected chi connectivity index (χ3v) is 4.48. The summed E-state index contributed by atoms with van der Waals surface area (Å²) in [5.41, 5.74) is -0.757. The quantitative estimate of drug-likeness (QED) is 0.688. The molecule has 134 valence electrons. The number of nitrogens with one attached hydrogen (secondary N) is 1. The summed E-state index contributed by atoms with van der Waals surface area (Å²) in [4.78, 5) is 0. The molecule has 2 aromatic carbocycles. The zero-order chi connectivity index (χ0) is 18.8. The van der Waals surface area contributed by atoms with E-state index in [-0.39, 0.29) is 22.5 Å². The Balaban J connectivity index is 2.03. The molecule has 8 heteroatoms. The molecule has 0 amide bonds. The number of phenolic OH excluding ortho intramolecular Hbond substituents is 1. The predicted octanol–water partition coefficient (Wildman–Crippen LogP) is 4.03. The summed E-state index contributed by atoms with van der Waals surface area (Å²) in [5, 5.41) is 20.5. The van der Waals surface area contributed by atoms with Gasteiger partial charge in [-0.05, 0) is 44.5 Å². The van der Waals surface area contributed by atoms with Gasteiger partial charge in [-0.3, -0.25) is 4.57 Å². The van der Waals surface area contributed by atoms with Gasteiger partial charge in [0.25, 0.3) is 0 Å². The minimum atomic E-state index is -0.959. The largest absolute Gasteiger partial charge is 0.505 e. The molecular weight excluding hydrogens is 345 g/mol. The van der Waals surface area contributed by atoms with Gasteiger partial charge in [-0.2, -0.15) is 0 Å². The van der Waals surface area contributed by atoms with Gasteiger partial charge < -0.3 is 10.4 Å². The molecule has 0 fully saturated rings. The molecule has 0 saturated heterocycles. The van der Waals surface area contributed by atoms with Gasteiger partial charge in [-0.25, -0.2) is 13.2 Å². The molecule has 1 aliphatic heterocycles. The average molecular weight is 360 g/mol. The van der Waals surface area contributed by atoms with Crippen molar-refractivity contribution < 1.29 is 18.3 Å². The number of phenols is 1. The van der Waals surface area contributed by atoms with E-state index in [1.807, 2.05) is 13.8 Å². The lowest BCUT2D eigenvalue weighted by Crippen LogP contribution is -2.36. The van der Waals surface area contributed by atoms with Gasteiger partial charge in [-0.15, -0.1) is 10.2 Å². The van der Waals surface area contributed by atoms with E-state index in [1.54, 1.807) is 6.92 Å². The second kappa shape index (κ2) is 5.23. The third-order valence-electron chi connectivity index (χ3n) is 4.48. The highest BCUT2D eigenvalue weighted by Crippen LogP contribution is 2.42. The van der Waals surface area contributed by atoms with Crippen molar-refractivity contribution in [1.82, 2.24) is 14.8 Å². The molecular formula is C18H15F3N4O. The summed E-state index contributed by atoms with van der Waals surface area (Å²) in [6.45, 7) is 5.33. The maximum atomic E-state index is 15.4. The summed E-state index contributed by atoms with van der Waals surface area (Å²) < 4.78 is 45.3. The van der Waals surface area contributed by atoms with Crippen LogP contribution in [0.1, 0.15) is 25.5 Å². The SMILES string of the molecule is Cc1nnc2n1-c1c(cc(F)c(-c3ccc(O)c(F)c3)c1F)NC2(C)C. The lowest BCUT2D eigenvalue weighted by molar-refractivity contribution is 0.432. The van der Waals surface area contributed by atoms with Gasteiger partial charge in [0, 0.05) is 0 Å². The lowest BCUT2D eigenvalue weighted by atomic mass is 9.96. The van der Waals surface area contributed by atoms with Crippen LogP contribution < -0.4 is 5.32 Å². The van der Waals surface area contributed by atoms with Gasteiger partial charge >= 0.3 is 0 Å². The molecule has 0 aliphatic carbocycles. The summed E-state index contributed by atoms with van der Waals surface area (Å²) >= 11 is 0. The molecule has 4 rings (SSSR count). The van der Waals surface area contributed by atoms with Crippen LogP contribution in [0.4, 0.5) is 18.9 Å². The first-order valence-corrected chi connectivity index (χ1v) is 7.92. The van der Waals surface area contributed by atoms with Gasteiger partial charge in [0.2, 0.25) is 0 Å². The zero-order valence-corrected chi connectivity index (χ0v) is 14.2. The Morgan fingerprint density at radius 1 is 1.08 bits per heavy atom. The van der Waals surface area contributed by atoms with E-state index >= 15 is 4.39 Å². The Morgan fingerprint density at radius 2 is 1.81 bits per heavy atom. The van der Waals surface area contributed by atoms with Crippen molar-refractivity contribution in [3.63, 3.8) is 0 Å². The first kappa shape index (κ1) is 16.4. The molecule has 1 aromatic heterocycles. The van der Waals surface area contributed by atoms with Crippen molar-refractivity contribution in [2.24, 2.45) is 0 Å². The van der Waals surface area contributed by atoms with E-state index in [9.17, 15) is 13.9 Å². The second-order valence-electron chi connectivity index (χ2n) is 6.77. The highest BCUT2D eigenvalue weighted by molar-refractivity contribution is 5.77. The molecule has 0 saturated carbocycles. The van der Waals surface area contributed by atoms with Crippen LogP contribution in [0.5, 0.6) is 5.75 Å². The van der Waals surface area contributed by atoms with E-state index in [0.29, 0.717) is 11.6 Å². The van der Waals surface area contributed by atoms with E-state index in [2.05, 4.69) is 15.5 Å². The van der Waals surface area contributed by atoms with Crippen molar-refractivity contribution in [2.75, 3.05) is 5.32 Å². The van der Waals surface area contributed by atoms with Gasteiger partial charge in [-0.1, -0.05) is 6.07 Å². The minimum absolute atomic E-state index is 0.0183. The fraction of sp³-hybridized carbons (Fsp3) is 0.222. The van der Waals surface area contributed by atoms with E-state index < -0.39 is 28.7 Å². The van der Waals surface area contributed by atoms with Crippen LogP contribution in [0.25, 0.3) is 16.8 Å². The molecule has 1 aliphatic rings. The highest BCUT2D eigenvalue weighted by atomic mass is 19.1. The van der Waals surface area contributed by atoms with Crippen molar-refractivity contribution in [2.45, 2.75) is 26.3 Å². The molecule has 0 radical (unpaired) electrons. The Kier molecular flexibility index (Phi) is 3.31. The smallest absolute Gasteiger partial charge is 0.165 e. The van der Waals surface area contributed by atoms with Crippen molar-refractivity contribution in [3.8, 4) is 22.6 Å². The highest BCUT2D eigenvalue weighted by Gasteiger charge is 2.37. The maximum absolute atomic E-state index is 15.4. The molecule has 0 bridgehead atoms. The summed E-state index contributed by atoms with van der Waals surface area (Å²) in [7, 11) is 0. The number of fused-ring (bicyclic) bond motifs is 3. The standard InChI is InChI=1S/C18H15F3N4O/c1-8-23-24-17-18(2,3)22-12-7-11(20)14(15(21)16(12)25(8)17)9-4-5-13(26)10(19)6-9/h4-7,22,26H,1-3H3. The number of halogens is 3. The molecule has 0 atom stereocenters. The van der Waals surface area contributed by atoms with Gasteiger partial charge in [0.1, 0.15) is 17.3 Å². The average Bonchev–Trinajstić information content (AvgIpc) is 2.93. The molecule has 2 N–H and O–H groups in total. The first-order valence-electron chi connectivity index (χ1n) is 7.92. The summed E-state index contributed by atoms with van der Waals surface area (Å²) in [6.07, 6.45) is 0. The number of hydrogen-bond donors (Lipinski definition) is 2. The normalized spacial score (nSPS) is 14.5. The fourth-order valence-corrected chi connectivity index (χ4v) is 3.28. The fourth-order valence-electron chi connectivity index (χ4n) is 3.28. The van der Waals surface area contributed by atoms with Crippen LogP contribution in [0, 0.1) is 24.4 Å². The predicted molar refractivity (Wildman–Crippen MR) is 89.7 cm³/mol. The molecule has 26 heavy (non-hydrogen) atoms. The number of nitrogens with zero attached hydrogens (tertiary/aromatic N) is 3. The van der Waals surface area contributed by atoms with Crippen LogP contribution in [-0.2, 0) is 5.54 Å². The number of aromatic nitrogens is 3. The second-order valence-corrected chi connectivity index (χ2v) is 6.77. The Labute approximate surface area is 147 Å². The van der Waals surface area contributed by atoms with Crippen LogP contribution >= 0.6 is 0 Å². The van der Waals surface area contributed by atoms with Crippen molar-refractivity contribution in [3.05, 3.63) is 53.4 Å². The number of aryl methyl sites for hydroxylation is 1. The van der Waals surface area contributed by atoms with E-state index in [4.69, 9.17) is 0 Å². The third kappa shape index (κ3) is 2.18. The van der Waals surface area contributed by atoms with E-state index in [0.717, 1.165) is 12.1 Å². The number of aromatic hydroxyl groups is 1. The molecule has 5 nitrogen and oxygen atoms in total. The summed E-state index contributed by atoms with van der Waals surface area (Å²) in [6, 6.07) is 4.37. The van der Waals surface area contributed by atoms with Crippen molar-refractivity contribution in [1.29, 1.82) is 0 Å². The van der Waals surface area contributed by atoms with Crippen LogP contribution in [0.3, 0.4) is 0 Å². The molecule has 3 aromatic rings. The molecule has 0 unspecified atom stereocenters. The monoisotopic (exact) mass is 360 g/mol. The first-order chi connectivity index (χ1) is 12.2. The Bertz CT molecular complexity index is 1060. The topological polar surface area (TPSA) is 63.0 Å². The number of hydrogen-bond acceptors (Lipinski definition) is 4. The number of anilines is 1. The molecule has 2 heterocycles. The van der Waals surface area contributed by atoms with Crippen molar-refractivity contribution >= 4 is 5.69 Å². The zero-order valence-electron chi connectivity index (χ0n) is 14.2. The van der Waals surface area contributed by atoms with Crippen LogP contribution in [0.2, 0.25) is 0 Å². The molecule has 0 spiro atoms. The van der Waals surface area contributed by atoms with Crippen LogP contribution in [-0.4, -0.2) is 19.9 Å².